The molecule has 1 aliphatic heterocycles. The van der Waals surface area contributed by atoms with Crippen LogP contribution in [-0.4, -0.2) is 43.7 Å². The molecule has 0 fully saturated rings. The summed E-state index contributed by atoms with van der Waals surface area (Å²) in [4.78, 5) is 13.6. The largest absolute Gasteiger partial charge is 0.494 e. The van der Waals surface area contributed by atoms with Gasteiger partial charge in [-0.05, 0) is 67.2 Å². The third-order valence-electron chi connectivity index (χ3n) is 5.59. The zero-order chi connectivity index (χ0) is 23.7. The minimum atomic E-state index is -4.32. The molecule has 0 atom stereocenters. The van der Waals surface area contributed by atoms with E-state index in [2.05, 4.69) is 4.90 Å². The SMILES string of the molecule is CCOC(=O)CCCOc1ccc(CCN2CC=C(c3cccc(C(F)(F)F)c3)CC2)cc1. The van der Waals surface area contributed by atoms with Gasteiger partial charge in [0.05, 0.1) is 18.8 Å². The van der Waals surface area contributed by atoms with E-state index in [1.165, 1.54) is 17.7 Å². The molecule has 0 saturated carbocycles. The number of carbonyl (C=O) groups is 1. The van der Waals surface area contributed by atoms with Crippen molar-refractivity contribution in [2.45, 2.75) is 38.8 Å². The van der Waals surface area contributed by atoms with Gasteiger partial charge >= 0.3 is 12.1 Å². The fourth-order valence-electron chi connectivity index (χ4n) is 3.75. The quantitative estimate of drug-likeness (QED) is 0.333. The molecule has 0 radical (unpaired) electrons. The smallest absolute Gasteiger partial charge is 0.416 e. The standard InChI is InChI=1S/C26H30F3NO3/c1-2-32-25(31)7-4-18-33-24-10-8-20(9-11-24)12-15-30-16-13-21(14-17-30)22-5-3-6-23(19-22)26(27,28)29/h3,5-6,8-11,13,19H,2,4,7,12,14-18H2,1H3. The third-order valence-corrected chi connectivity index (χ3v) is 5.59. The first-order valence-electron chi connectivity index (χ1n) is 11.3. The summed E-state index contributed by atoms with van der Waals surface area (Å²) in [5.41, 5.74) is 2.22. The van der Waals surface area contributed by atoms with Crippen molar-refractivity contribution in [2.75, 3.05) is 32.8 Å². The van der Waals surface area contributed by atoms with Crippen LogP contribution in [0.1, 0.15) is 42.9 Å². The van der Waals surface area contributed by atoms with Crippen molar-refractivity contribution < 1.29 is 27.4 Å². The van der Waals surface area contributed by atoms with E-state index in [1.54, 1.807) is 13.0 Å². The lowest BCUT2D eigenvalue weighted by atomic mass is 9.97. The van der Waals surface area contributed by atoms with Crippen molar-refractivity contribution in [2.24, 2.45) is 0 Å². The lowest BCUT2D eigenvalue weighted by Gasteiger charge is -2.26. The number of halogens is 3. The number of nitrogens with zero attached hydrogens (tertiary/aromatic N) is 1. The number of rotatable bonds is 10. The van der Waals surface area contributed by atoms with Gasteiger partial charge in [0.15, 0.2) is 0 Å². The molecular weight excluding hydrogens is 431 g/mol. The van der Waals surface area contributed by atoms with E-state index in [0.717, 1.165) is 49.9 Å². The number of hydrogen-bond acceptors (Lipinski definition) is 4. The molecule has 178 valence electrons. The second kappa shape index (κ2) is 11.9. The maximum Gasteiger partial charge on any atom is 0.416 e. The van der Waals surface area contributed by atoms with Gasteiger partial charge in [-0.2, -0.15) is 13.2 Å². The van der Waals surface area contributed by atoms with E-state index in [4.69, 9.17) is 9.47 Å². The first-order valence-corrected chi connectivity index (χ1v) is 11.3. The van der Waals surface area contributed by atoms with Crippen molar-refractivity contribution in [3.63, 3.8) is 0 Å². The Morgan fingerprint density at radius 2 is 1.91 bits per heavy atom. The van der Waals surface area contributed by atoms with Gasteiger partial charge < -0.3 is 9.47 Å². The minimum Gasteiger partial charge on any atom is -0.494 e. The van der Waals surface area contributed by atoms with Gasteiger partial charge in [0.25, 0.3) is 0 Å². The summed E-state index contributed by atoms with van der Waals surface area (Å²) in [5.74, 6) is 0.570. The number of esters is 1. The van der Waals surface area contributed by atoms with Crippen LogP contribution in [0.25, 0.3) is 5.57 Å². The van der Waals surface area contributed by atoms with Crippen molar-refractivity contribution >= 4 is 11.5 Å². The lowest BCUT2D eigenvalue weighted by molar-refractivity contribution is -0.143. The summed E-state index contributed by atoms with van der Waals surface area (Å²) in [6, 6.07) is 13.5. The highest BCUT2D eigenvalue weighted by Crippen LogP contribution is 2.32. The molecule has 0 N–H and O–H groups in total. The molecule has 33 heavy (non-hydrogen) atoms. The highest BCUT2D eigenvalue weighted by Gasteiger charge is 2.30. The number of hydrogen-bond donors (Lipinski definition) is 0. The fraction of sp³-hybridized carbons (Fsp3) is 0.423. The Morgan fingerprint density at radius 1 is 1.12 bits per heavy atom. The Labute approximate surface area is 193 Å². The van der Waals surface area contributed by atoms with Crippen LogP contribution < -0.4 is 4.74 Å². The van der Waals surface area contributed by atoms with Gasteiger partial charge in [0.1, 0.15) is 5.75 Å². The average molecular weight is 462 g/mol. The summed E-state index contributed by atoms with van der Waals surface area (Å²) in [7, 11) is 0. The molecular formula is C26H30F3NO3. The zero-order valence-electron chi connectivity index (χ0n) is 18.9. The lowest BCUT2D eigenvalue weighted by Crippen LogP contribution is -2.30. The van der Waals surface area contributed by atoms with Gasteiger partial charge in [-0.3, -0.25) is 9.69 Å². The van der Waals surface area contributed by atoms with Crippen LogP contribution in [0.2, 0.25) is 0 Å². The van der Waals surface area contributed by atoms with Crippen molar-refractivity contribution in [3.05, 3.63) is 71.3 Å². The summed E-state index contributed by atoms with van der Waals surface area (Å²) in [6.45, 7) is 5.08. The maximum atomic E-state index is 13.0. The predicted molar refractivity (Wildman–Crippen MR) is 122 cm³/mol. The molecule has 1 aliphatic rings. The Hall–Kier alpha value is -2.80. The Morgan fingerprint density at radius 3 is 2.58 bits per heavy atom. The molecule has 2 aromatic rings. The second-order valence-corrected chi connectivity index (χ2v) is 8.01. The Kier molecular flexibility index (Phi) is 8.95. The second-order valence-electron chi connectivity index (χ2n) is 8.01. The van der Waals surface area contributed by atoms with Crippen LogP contribution in [0.5, 0.6) is 5.75 Å². The molecule has 3 rings (SSSR count). The van der Waals surface area contributed by atoms with Gasteiger partial charge in [-0.1, -0.05) is 30.3 Å². The zero-order valence-corrected chi connectivity index (χ0v) is 18.9. The highest BCUT2D eigenvalue weighted by molar-refractivity contribution is 5.69. The highest BCUT2D eigenvalue weighted by atomic mass is 19.4. The van der Waals surface area contributed by atoms with Gasteiger partial charge in [-0.25, -0.2) is 0 Å². The van der Waals surface area contributed by atoms with Crippen LogP contribution in [0.4, 0.5) is 13.2 Å². The number of ether oxygens (including phenoxy) is 2. The Bertz CT molecular complexity index is 939. The maximum absolute atomic E-state index is 13.0. The van der Waals surface area contributed by atoms with Crippen molar-refractivity contribution in [1.82, 2.24) is 4.90 Å². The van der Waals surface area contributed by atoms with Crippen LogP contribution in [0.3, 0.4) is 0 Å². The number of alkyl halides is 3. The van der Waals surface area contributed by atoms with Crippen LogP contribution in [0.15, 0.2) is 54.6 Å². The first kappa shape index (κ1) is 24.8. The number of benzene rings is 2. The van der Waals surface area contributed by atoms with Crippen LogP contribution >= 0.6 is 0 Å². The molecule has 0 bridgehead atoms. The predicted octanol–water partition coefficient (Wildman–Crippen LogP) is 5.76. The summed E-state index contributed by atoms with van der Waals surface area (Å²) in [6.07, 6.45) is 0.305. The molecule has 0 amide bonds. The summed E-state index contributed by atoms with van der Waals surface area (Å²) in [5, 5.41) is 0. The normalized spacial score (nSPS) is 14.6. The minimum absolute atomic E-state index is 0.203. The van der Waals surface area contributed by atoms with E-state index in [1.807, 2.05) is 30.3 Å². The van der Waals surface area contributed by atoms with E-state index in [9.17, 15) is 18.0 Å². The molecule has 4 nitrogen and oxygen atoms in total. The third kappa shape index (κ3) is 7.93. The molecule has 7 heteroatoms. The van der Waals surface area contributed by atoms with E-state index in [0.29, 0.717) is 31.6 Å². The van der Waals surface area contributed by atoms with Crippen molar-refractivity contribution in [1.29, 1.82) is 0 Å². The molecule has 1 heterocycles. The molecule has 0 aromatic heterocycles. The fourth-order valence-corrected chi connectivity index (χ4v) is 3.75. The summed E-state index contributed by atoms with van der Waals surface area (Å²) >= 11 is 0. The molecule has 0 saturated heterocycles. The average Bonchev–Trinajstić information content (AvgIpc) is 2.81. The van der Waals surface area contributed by atoms with Crippen LogP contribution in [0, 0.1) is 0 Å². The molecule has 0 unspecified atom stereocenters. The van der Waals surface area contributed by atoms with E-state index >= 15 is 0 Å². The topological polar surface area (TPSA) is 38.8 Å². The molecule has 0 spiro atoms. The van der Waals surface area contributed by atoms with E-state index in [-0.39, 0.29) is 5.97 Å². The summed E-state index contributed by atoms with van der Waals surface area (Å²) < 4.78 is 49.5. The Balaban J connectivity index is 1.42. The molecule has 0 aliphatic carbocycles. The monoisotopic (exact) mass is 461 g/mol. The van der Waals surface area contributed by atoms with Crippen molar-refractivity contribution in [3.8, 4) is 5.75 Å². The molecule has 2 aromatic carbocycles. The van der Waals surface area contributed by atoms with Gasteiger partial charge in [-0.15, -0.1) is 0 Å². The number of carbonyl (C=O) groups excluding carboxylic acids is 1. The van der Waals surface area contributed by atoms with Gasteiger partial charge in [0, 0.05) is 26.1 Å². The van der Waals surface area contributed by atoms with Gasteiger partial charge in [0.2, 0.25) is 0 Å². The van der Waals surface area contributed by atoms with Crippen LogP contribution in [-0.2, 0) is 22.1 Å². The first-order chi connectivity index (χ1) is 15.8. The van der Waals surface area contributed by atoms with E-state index < -0.39 is 11.7 Å².